The number of likely N-dealkylation sites (N-methyl/N-ethyl adjacent to an activating group) is 1. The van der Waals surface area contributed by atoms with E-state index in [1.165, 1.54) is 0 Å². The monoisotopic (exact) mass is 240 g/mol. The zero-order chi connectivity index (χ0) is 12.8. The molecule has 0 unspecified atom stereocenters. The third-order valence-electron chi connectivity index (χ3n) is 2.57. The maximum absolute atomic E-state index is 13.8. The lowest BCUT2D eigenvalue weighted by Crippen LogP contribution is -2.23. The van der Waals surface area contributed by atoms with Crippen LogP contribution in [0.4, 0.5) is 10.1 Å². The summed E-state index contributed by atoms with van der Waals surface area (Å²) in [6.45, 7) is 5.23. The number of rotatable bonds is 6. The van der Waals surface area contributed by atoms with Crippen LogP contribution in [-0.2, 0) is 6.54 Å². The number of halogens is 1. The van der Waals surface area contributed by atoms with Gasteiger partial charge in [-0.25, -0.2) is 4.39 Å². The second-order valence-electron chi connectivity index (χ2n) is 4.47. The molecule has 0 aliphatic heterocycles. The van der Waals surface area contributed by atoms with Crippen LogP contribution in [0.5, 0.6) is 0 Å². The highest BCUT2D eigenvalue weighted by molar-refractivity contribution is 5.48. The van der Waals surface area contributed by atoms with Crippen molar-refractivity contribution in [3.05, 3.63) is 29.6 Å². The minimum Gasteiger partial charge on any atom is -0.395 e. The van der Waals surface area contributed by atoms with Crippen molar-refractivity contribution < 1.29 is 9.50 Å². The molecular formula is C13H21FN2O. The van der Waals surface area contributed by atoms with Gasteiger partial charge in [-0.05, 0) is 17.7 Å². The van der Waals surface area contributed by atoms with Crippen LogP contribution in [0.2, 0.25) is 0 Å². The van der Waals surface area contributed by atoms with Gasteiger partial charge in [0, 0.05) is 26.2 Å². The predicted molar refractivity (Wildman–Crippen MR) is 68.7 cm³/mol. The molecule has 0 atom stereocenters. The van der Waals surface area contributed by atoms with Crippen molar-refractivity contribution in [3.8, 4) is 0 Å². The quantitative estimate of drug-likeness (QED) is 0.795. The maximum Gasteiger partial charge on any atom is 0.146 e. The lowest BCUT2D eigenvalue weighted by atomic mass is 10.1. The standard InChI is InChI=1S/C13H21FN2O/c1-10(2)15-9-11-4-5-13(12(14)8-11)16(3)6-7-17/h4-5,8,10,15,17H,6-7,9H2,1-3H3. The molecule has 0 radical (unpaired) electrons. The van der Waals surface area contributed by atoms with Gasteiger partial charge in [0.25, 0.3) is 0 Å². The van der Waals surface area contributed by atoms with Gasteiger partial charge >= 0.3 is 0 Å². The largest absolute Gasteiger partial charge is 0.395 e. The van der Waals surface area contributed by atoms with E-state index in [1.54, 1.807) is 24.1 Å². The molecule has 0 saturated carbocycles. The normalized spacial score (nSPS) is 10.9. The van der Waals surface area contributed by atoms with E-state index >= 15 is 0 Å². The molecule has 0 spiro atoms. The van der Waals surface area contributed by atoms with Crippen molar-refractivity contribution >= 4 is 5.69 Å². The number of nitrogens with zero attached hydrogens (tertiary/aromatic N) is 1. The summed E-state index contributed by atoms with van der Waals surface area (Å²) in [5.74, 6) is -0.246. The van der Waals surface area contributed by atoms with Gasteiger partial charge in [0.15, 0.2) is 0 Å². The molecule has 0 bridgehead atoms. The van der Waals surface area contributed by atoms with Crippen molar-refractivity contribution in [2.75, 3.05) is 25.1 Å². The van der Waals surface area contributed by atoms with Crippen LogP contribution in [0, 0.1) is 5.82 Å². The van der Waals surface area contributed by atoms with Crippen molar-refractivity contribution in [1.82, 2.24) is 5.32 Å². The average molecular weight is 240 g/mol. The summed E-state index contributed by atoms with van der Waals surface area (Å²) in [6.07, 6.45) is 0. The molecule has 0 aliphatic carbocycles. The van der Waals surface area contributed by atoms with E-state index in [2.05, 4.69) is 19.2 Å². The Kier molecular flexibility index (Phi) is 5.38. The van der Waals surface area contributed by atoms with Crippen LogP contribution in [0.15, 0.2) is 18.2 Å². The first-order valence-corrected chi connectivity index (χ1v) is 5.88. The van der Waals surface area contributed by atoms with Gasteiger partial charge in [-0.15, -0.1) is 0 Å². The summed E-state index contributed by atoms with van der Waals surface area (Å²) < 4.78 is 13.8. The van der Waals surface area contributed by atoms with Crippen LogP contribution in [0.25, 0.3) is 0 Å². The summed E-state index contributed by atoms with van der Waals surface area (Å²) >= 11 is 0. The number of hydrogen-bond donors (Lipinski definition) is 2. The molecule has 2 N–H and O–H groups in total. The van der Waals surface area contributed by atoms with Crippen LogP contribution < -0.4 is 10.2 Å². The van der Waals surface area contributed by atoms with Gasteiger partial charge in [-0.1, -0.05) is 19.9 Å². The smallest absolute Gasteiger partial charge is 0.146 e. The van der Waals surface area contributed by atoms with Crippen molar-refractivity contribution in [3.63, 3.8) is 0 Å². The molecule has 0 fully saturated rings. The van der Waals surface area contributed by atoms with Gasteiger partial charge in [-0.2, -0.15) is 0 Å². The summed E-state index contributed by atoms with van der Waals surface area (Å²) in [5, 5.41) is 12.1. The van der Waals surface area contributed by atoms with E-state index < -0.39 is 0 Å². The predicted octanol–water partition coefficient (Wildman–Crippen LogP) is 1.75. The second-order valence-corrected chi connectivity index (χ2v) is 4.47. The van der Waals surface area contributed by atoms with Crippen molar-refractivity contribution in [2.45, 2.75) is 26.4 Å². The summed E-state index contributed by atoms with van der Waals surface area (Å²) in [7, 11) is 1.76. The molecule has 0 aromatic heterocycles. The fraction of sp³-hybridized carbons (Fsp3) is 0.538. The van der Waals surface area contributed by atoms with Crippen LogP contribution in [0.1, 0.15) is 19.4 Å². The van der Waals surface area contributed by atoms with Gasteiger partial charge < -0.3 is 15.3 Å². The highest BCUT2D eigenvalue weighted by atomic mass is 19.1. The zero-order valence-electron chi connectivity index (χ0n) is 10.7. The van der Waals surface area contributed by atoms with Gasteiger partial charge in [0.1, 0.15) is 5.82 Å². The highest BCUT2D eigenvalue weighted by Gasteiger charge is 2.07. The number of benzene rings is 1. The molecule has 1 aromatic carbocycles. The Labute approximate surface area is 102 Å². The molecule has 1 aromatic rings. The average Bonchev–Trinajstić information content (AvgIpc) is 2.26. The summed E-state index contributed by atoms with van der Waals surface area (Å²) in [5.41, 5.74) is 1.45. The van der Waals surface area contributed by atoms with Gasteiger partial charge in [0.2, 0.25) is 0 Å². The molecule has 96 valence electrons. The molecule has 17 heavy (non-hydrogen) atoms. The van der Waals surface area contributed by atoms with E-state index in [9.17, 15) is 4.39 Å². The maximum atomic E-state index is 13.8. The van der Waals surface area contributed by atoms with Gasteiger partial charge in [0.05, 0.1) is 12.3 Å². The Hall–Kier alpha value is -1.13. The number of anilines is 1. The van der Waals surface area contributed by atoms with E-state index in [0.717, 1.165) is 5.56 Å². The van der Waals surface area contributed by atoms with Crippen molar-refractivity contribution in [1.29, 1.82) is 0 Å². The first-order chi connectivity index (χ1) is 8.04. The molecule has 3 nitrogen and oxygen atoms in total. The second kappa shape index (κ2) is 6.57. The van der Waals surface area contributed by atoms with Crippen molar-refractivity contribution in [2.24, 2.45) is 0 Å². The Morgan fingerprint density at radius 1 is 1.41 bits per heavy atom. The lowest BCUT2D eigenvalue weighted by molar-refractivity contribution is 0.304. The fourth-order valence-corrected chi connectivity index (χ4v) is 1.56. The van der Waals surface area contributed by atoms with Crippen LogP contribution in [0.3, 0.4) is 0 Å². The molecule has 0 aliphatic rings. The molecule has 0 saturated heterocycles. The molecule has 1 rings (SSSR count). The van der Waals surface area contributed by atoms with E-state index in [4.69, 9.17) is 5.11 Å². The Bertz CT molecular complexity index is 355. The van der Waals surface area contributed by atoms with Gasteiger partial charge in [-0.3, -0.25) is 0 Å². The Morgan fingerprint density at radius 3 is 2.65 bits per heavy atom. The Balaban J connectivity index is 2.72. The van der Waals surface area contributed by atoms with Crippen LogP contribution in [-0.4, -0.2) is 31.3 Å². The third-order valence-corrected chi connectivity index (χ3v) is 2.57. The lowest BCUT2D eigenvalue weighted by Gasteiger charge is -2.19. The molecule has 0 heterocycles. The van der Waals surface area contributed by atoms with Crippen LogP contribution >= 0.6 is 0 Å². The van der Waals surface area contributed by atoms with E-state index in [-0.39, 0.29) is 12.4 Å². The fourth-order valence-electron chi connectivity index (χ4n) is 1.56. The molecule has 0 amide bonds. The highest BCUT2D eigenvalue weighted by Crippen LogP contribution is 2.19. The number of nitrogens with one attached hydrogen (secondary N) is 1. The Morgan fingerprint density at radius 2 is 2.12 bits per heavy atom. The molecule has 4 heteroatoms. The SMILES string of the molecule is CC(C)NCc1ccc(N(C)CCO)c(F)c1. The van der Waals surface area contributed by atoms with E-state index in [1.807, 2.05) is 6.07 Å². The minimum absolute atomic E-state index is 0.0204. The third kappa shape index (κ3) is 4.32. The number of hydrogen-bond acceptors (Lipinski definition) is 3. The zero-order valence-corrected chi connectivity index (χ0v) is 10.7. The van der Waals surface area contributed by atoms with E-state index in [0.29, 0.717) is 24.8 Å². The number of aliphatic hydroxyl groups is 1. The summed E-state index contributed by atoms with van der Waals surface area (Å²) in [6, 6.07) is 5.58. The summed E-state index contributed by atoms with van der Waals surface area (Å²) in [4.78, 5) is 1.70. The first-order valence-electron chi connectivity index (χ1n) is 5.88. The molecular weight excluding hydrogens is 219 g/mol. The topological polar surface area (TPSA) is 35.5 Å². The number of aliphatic hydroxyl groups excluding tert-OH is 1. The minimum atomic E-state index is -0.246. The first kappa shape index (κ1) is 13.9.